The molecular weight excluding hydrogens is 470 g/mol. The van der Waals surface area contributed by atoms with E-state index < -0.39 is 8.32 Å². The normalized spacial score (nSPS) is 18.7. The van der Waals surface area contributed by atoms with Crippen molar-refractivity contribution in [2.24, 2.45) is 5.92 Å². The molecule has 3 aromatic carbocycles. The van der Waals surface area contributed by atoms with Crippen molar-refractivity contribution in [1.29, 1.82) is 0 Å². The highest BCUT2D eigenvalue weighted by Gasteiger charge is 2.50. The Bertz CT molecular complexity index is 1280. The van der Waals surface area contributed by atoms with E-state index in [0.29, 0.717) is 18.4 Å². The van der Waals surface area contributed by atoms with Crippen molar-refractivity contribution in [2.75, 3.05) is 6.61 Å². The minimum Gasteiger partial charge on any atom is -0.403 e. The number of hydrogen-bond donors (Lipinski definition) is 1. The third-order valence-electron chi connectivity index (χ3n) is 8.17. The highest BCUT2D eigenvalue weighted by molar-refractivity contribution is 6.99. The maximum absolute atomic E-state index is 9.88. The number of nitrogens with zero attached hydrogens (tertiary/aromatic N) is 1. The molecular formula is C33H39NO2Si. The number of rotatable bonds is 7. The molecule has 2 unspecified atom stereocenters. The Kier molecular flexibility index (Phi) is 7.61. The van der Waals surface area contributed by atoms with E-state index in [1.165, 1.54) is 28.8 Å². The maximum Gasteiger partial charge on any atom is 0.261 e. The third-order valence-corrected chi connectivity index (χ3v) is 13.2. The van der Waals surface area contributed by atoms with Crippen LogP contribution in [0.3, 0.4) is 0 Å². The van der Waals surface area contributed by atoms with Crippen molar-refractivity contribution >= 4 is 29.6 Å². The minimum atomic E-state index is -2.58. The summed E-state index contributed by atoms with van der Waals surface area (Å²) >= 11 is 0. The summed E-state index contributed by atoms with van der Waals surface area (Å²) in [5.74, 6) is 0.694. The van der Waals surface area contributed by atoms with Crippen molar-refractivity contribution in [2.45, 2.75) is 64.0 Å². The molecule has 0 radical (unpaired) electrons. The van der Waals surface area contributed by atoms with Crippen molar-refractivity contribution in [3.63, 3.8) is 0 Å². The molecule has 1 aromatic heterocycles. The number of hydrogen-bond acceptors (Lipinski definition) is 3. The van der Waals surface area contributed by atoms with Gasteiger partial charge in [0.05, 0.1) is 12.1 Å². The molecule has 1 aliphatic rings. The number of aliphatic hydroxyl groups is 1. The largest absolute Gasteiger partial charge is 0.403 e. The number of fused-ring (bicyclic) bond motifs is 1. The van der Waals surface area contributed by atoms with Gasteiger partial charge in [-0.15, -0.1) is 0 Å². The van der Waals surface area contributed by atoms with E-state index in [4.69, 9.17) is 9.41 Å². The summed E-state index contributed by atoms with van der Waals surface area (Å²) in [5.41, 5.74) is 3.32. The van der Waals surface area contributed by atoms with Crippen LogP contribution in [0.2, 0.25) is 5.04 Å². The summed E-state index contributed by atoms with van der Waals surface area (Å²) in [5, 5.41) is 13.6. The Labute approximate surface area is 222 Å². The van der Waals surface area contributed by atoms with Gasteiger partial charge in [-0.1, -0.05) is 106 Å². The summed E-state index contributed by atoms with van der Waals surface area (Å²) in [4.78, 5) is 5.04. The average molecular weight is 510 g/mol. The SMILES string of the molecule is CC(C)(C)[Si](OCc1ccc2nc(C3CCCCC3CO)ccc2c1)(c1ccccc1)c1ccccc1. The first kappa shape index (κ1) is 25.8. The van der Waals surface area contributed by atoms with Gasteiger partial charge in [-0.25, -0.2) is 0 Å². The lowest BCUT2D eigenvalue weighted by molar-refractivity contribution is 0.168. The summed E-state index contributed by atoms with van der Waals surface area (Å²) in [6.07, 6.45) is 4.65. The Hall–Kier alpha value is -2.79. The van der Waals surface area contributed by atoms with Crippen molar-refractivity contribution in [3.05, 3.63) is 102 Å². The molecule has 0 saturated heterocycles. The van der Waals surface area contributed by atoms with Crippen molar-refractivity contribution in [3.8, 4) is 0 Å². The van der Waals surface area contributed by atoms with Crippen LogP contribution < -0.4 is 10.4 Å². The smallest absolute Gasteiger partial charge is 0.261 e. The quantitative estimate of drug-likeness (QED) is 0.286. The fourth-order valence-electron chi connectivity index (χ4n) is 6.26. The van der Waals surface area contributed by atoms with E-state index >= 15 is 0 Å². The van der Waals surface area contributed by atoms with Crippen LogP contribution in [0.4, 0.5) is 0 Å². The van der Waals surface area contributed by atoms with Crippen LogP contribution >= 0.6 is 0 Å². The van der Waals surface area contributed by atoms with Gasteiger partial charge in [0.2, 0.25) is 0 Å². The van der Waals surface area contributed by atoms with Crippen molar-refractivity contribution in [1.82, 2.24) is 4.98 Å². The first-order valence-corrected chi connectivity index (χ1v) is 15.6. The fraction of sp³-hybridized carbons (Fsp3) is 0.364. The van der Waals surface area contributed by atoms with Crippen molar-refractivity contribution < 1.29 is 9.53 Å². The standard InChI is InChI=1S/C33H39NO2Si/c1-33(2,3)37(28-13-6-4-7-14-28,29-15-8-5-9-16-29)36-24-25-18-20-31-26(22-25)19-21-32(34-31)30-17-11-10-12-27(30)23-35/h4-9,13-16,18-22,27,30,35H,10-12,17,23-24H2,1-3H3. The van der Waals surface area contributed by atoms with Gasteiger partial charge >= 0.3 is 0 Å². The highest BCUT2D eigenvalue weighted by Crippen LogP contribution is 2.38. The van der Waals surface area contributed by atoms with E-state index in [2.05, 4.69) is 112 Å². The molecule has 1 fully saturated rings. The van der Waals surface area contributed by atoms with Crippen LogP contribution in [0.5, 0.6) is 0 Å². The molecule has 1 N–H and O–H groups in total. The first-order valence-electron chi connectivity index (χ1n) is 13.7. The summed E-state index contributed by atoms with van der Waals surface area (Å²) in [6.45, 7) is 7.75. The summed E-state index contributed by atoms with van der Waals surface area (Å²) in [7, 11) is -2.58. The second kappa shape index (κ2) is 10.9. The Morgan fingerprint density at radius 3 is 2.11 bits per heavy atom. The Balaban J connectivity index is 1.46. The van der Waals surface area contributed by atoms with E-state index in [0.717, 1.165) is 29.4 Å². The molecule has 0 aliphatic heterocycles. The van der Waals surface area contributed by atoms with Crippen LogP contribution in [0.1, 0.15) is 63.6 Å². The number of aromatic nitrogens is 1. The topological polar surface area (TPSA) is 42.4 Å². The van der Waals surface area contributed by atoms with Gasteiger partial charge < -0.3 is 9.53 Å². The van der Waals surface area contributed by atoms with E-state index in [1.54, 1.807) is 0 Å². The number of pyridine rings is 1. The van der Waals surface area contributed by atoms with Crippen LogP contribution in [0.25, 0.3) is 10.9 Å². The molecule has 192 valence electrons. The van der Waals surface area contributed by atoms with Gasteiger partial charge in [-0.3, -0.25) is 4.98 Å². The van der Waals surface area contributed by atoms with Gasteiger partial charge in [0, 0.05) is 23.6 Å². The molecule has 2 atom stereocenters. The molecule has 1 heterocycles. The zero-order valence-corrected chi connectivity index (χ0v) is 23.4. The molecule has 0 bridgehead atoms. The zero-order chi connectivity index (χ0) is 25.9. The molecule has 5 rings (SSSR count). The van der Waals surface area contributed by atoms with Gasteiger partial charge in [0.25, 0.3) is 8.32 Å². The van der Waals surface area contributed by atoms with Crippen LogP contribution in [0.15, 0.2) is 91.0 Å². The predicted molar refractivity (Wildman–Crippen MR) is 156 cm³/mol. The molecule has 4 aromatic rings. The molecule has 1 aliphatic carbocycles. The zero-order valence-electron chi connectivity index (χ0n) is 22.4. The maximum atomic E-state index is 9.88. The molecule has 0 spiro atoms. The van der Waals surface area contributed by atoms with Gasteiger partial charge in [-0.05, 0) is 57.9 Å². The Morgan fingerprint density at radius 1 is 0.838 bits per heavy atom. The summed E-state index contributed by atoms with van der Waals surface area (Å²) in [6, 6.07) is 32.5. The van der Waals surface area contributed by atoms with Gasteiger partial charge in [0.1, 0.15) is 0 Å². The minimum absolute atomic E-state index is 0.0493. The second-order valence-corrected chi connectivity index (χ2v) is 15.9. The lowest BCUT2D eigenvalue weighted by Crippen LogP contribution is -2.66. The third kappa shape index (κ3) is 5.15. The first-order chi connectivity index (χ1) is 17.9. The second-order valence-electron chi connectivity index (χ2n) is 11.5. The molecule has 1 saturated carbocycles. The van der Waals surface area contributed by atoms with Crippen LogP contribution in [0, 0.1) is 5.92 Å². The van der Waals surface area contributed by atoms with Gasteiger partial charge in [-0.2, -0.15) is 0 Å². The van der Waals surface area contributed by atoms with E-state index in [9.17, 15) is 5.11 Å². The predicted octanol–water partition coefficient (Wildman–Crippen LogP) is 6.58. The van der Waals surface area contributed by atoms with Crippen LogP contribution in [-0.2, 0) is 11.0 Å². The average Bonchev–Trinajstić information content (AvgIpc) is 2.93. The monoisotopic (exact) mass is 509 g/mol. The van der Waals surface area contributed by atoms with E-state index in [-0.39, 0.29) is 11.6 Å². The number of benzene rings is 3. The molecule has 4 heteroatoms. The highest BCUT2D eigenvalue weighted by atomic mass is 28.4. The molecule has 37 heavy (non-hydrogen) atoms. The fourth-order valence-corrected chi connectivity index (χ4v) is 10.8. The van der Waals surface area contributed by atoms with Gasteiger partial charge in [0.15, 0.2) is 0 Å². The lowest BCUT2D eigenvalue weighted by atomic mass is 9.77. The van der Waals surface area contributed by atoms with E-state index in [1.807, 2.05) is 0 Å². The molecule has 3 nitrogen and oxygen atoms in total. The molecule has 0 amide bonds. The Morgan fingerprint density at radius 2 is 1.49 bits per heavy atom. The lowest BCUT2D eigenvalue weighted by Gasteiger charge is -2.43. The van der Waals surface area contributed by atoms with Crippen LogP contribution in [-0.4, -0.2) is 25.0 Å². The number of aliphatic hydroxyl groups excluding tert-OH is 1. The summed E-state index contributed by atoms with van der Waals surface area (Å²) < 4.78 is 7.14.